The summed E-state index contributed by atoms with van der Waals surface area (Å²) in [6, 6.07) is 20.9. The Hall–Kier alpha value is -1.06. The largest absolute Gasteiger partial charge is 0.302 e. The molecule has 0 aliphatic rings. The smallest absolute Gasteiger partial charge is 0.183 e. The first-order valence-electron chi connectivity index (χ1n) is 8.33. The van der Waals surface area contributed by atoms with Crippen LogP contribution < -0.4 is 0 Å². The van der Waals surface area contributed by atoms with Crippen molar-refractivity contribution in [1.29, 1.82) is 0 Å². The van der Waals surface area contributed by atoms with E-state index in [4.69, 9.17) is 23.2 Å². The highest BCUT2D eigenvalue weighted by atomic mass is 35.5. The average molecular weight is 365 g/mol. The van der Waals surface area contributed by atoms with Gasteiger partial charge in [-0.2, -0.15) is 0 Å². The number of alkyl halides is 2. The Morgan fingerprint density at radius 3 is 1.71 bits per heavy atom. The summed E-state index contributed by atoms with van der Waals surface area (Å²) in [4.78, 5) is 4.20. The monoisotopic (exact) mass is 364 g/mol. The number of nitrogens with zero attached hydrogens (tertiary/aromatic N) is 2. The van der Waals surface area contributed by atoms with Gasteiger partial charge in [-0.1, -0.05) is 83.9 Å². The molecule has 2 nitrogen and oxygen atoms in total. The van der Waals surface area contributed by atoms with E-state index in [1.165, 1.54) is 11.1 Å². The van der Waals surface area contributed by atoms with Gasteiger partial charge in [0.15, 0.2) is 4.46 Å². The molecule has 0 fully saturated rings. The van der Waals surface area contributed by atoms with Crippen LogP contribution in [0.15, 0.2) is 60.7 Å². The molecule has 0 radical (unpaired) electrons. The standard InChI is InChI=1S/C20H26Cl2N2/c1-23(15-13-18-9-5-3-6-10-18)17-20(21,22)24(2)16-14-19-11-7-4-8-12-19/h3-12H,13-17H2,1-2H3. The van der Waals surface area contributed by atoms with Crippen LogP contribution in [0.5, 0.6) is 0 Å². The Kier molecular flexibility index (Phi) is 7.57. The molecular weight excluding hydrogens is 339 g/mol. The maximum absolute atomic E-state index is 6.58. The maximum Gasteiger partial charge on any atom is 0.183 e. The van der Waals surface area contributed by atoms with Crippen molar-refractivity contribution in [3.63, 3.8) is 0 Å². The highest BCUT2D eigenvalue weighted by Crippen LogP contribution is 2.26. The van der Waals surface area contributed by atoms with E-state index < -0.39 is 4.46 Å². The fraction of sp³-hybridized carbons (Fsp3) is 0.400. The molecule has 0 saturated carbocycles. The molecule has 0 amide bonds. The second kappa shape index (κ2) is 9.43. The summed E-state index contributed by atoms with van der Waals surface area (Å²) in [6.07, 6.45) is 1.93. The number of benzene rings is 2. The summed E-state index contributed by atoms with van der Waals surface area (Å²) >= 11 is 13.2. The highest BCUT2D eigenvalue weighted by molar-refractivity contribution is 6.48. The second-order valence-electron chi connectivity index (χ2n) is 6.30. The molecule has 0 aliphatic carbocycles. The maximum atomic E-state index is 6.58. The molecule has 0 aromatic heterocycles. The predicted molar refractivity (Wildman–Crippen MR) is 105 cm³/mol. The molecule has 0 heterocycles. The first-order valence-corrected chi connectivity index (χ1v) is 9.08. The lowest BCUT2D eigenvalue weighted by Crippen LogP contribution is -2.46. The lowest BCUT2D eigenvalue weighted by molar-refractivity contribution is 0.208. The van der Waals surface area contributed by atoms with Gasteiger partial charge in [-0.05, 0) is 38.1 Å². The van der Waals surface area contributed by atoms with Crippen molar-refractivity contribution in [2.75, 3.05) is 33.7 Å². The number of likely N-dealkylation sites (N-methyl/N-ethyl adjacent to an activating group) is 2. The second-order valence-corrected chi connectivity index (χ2v) is 7.74. The van der Waals surface area contributed by atoms with Crippen LogP contribution in [0.2, 0.25) is 0 Å². The van der Waals surface area contributed by atoms with Crippen LogP contribution in [0.4, 0.5) is 0 Å². The van der Waals surface area contributed by atoms with Gasteiger partial charge in [0.25, 0.3) is 0 Å². The van der Waals surface area contributed by atoms with E-state index in [1.807, 2.05) is 24.1 Å². The van der Waals surface area contributed by atoms with E-state index in [9.17, 15) is 0 Å². The van der Waals surface area contributed by atoms with Gasteiger partial charge in [0.2, 0.25) is 0 Å². The SMILES string of the molecule is CN(CCc1ccccc1)CC(Cl)(Cl)N(C)CCc1ccccc1. The molecule has 0 N–H and O–H groups in total. The van der Waals surface area contributed by atoms with Gasteiger partial charge in [-0.25, -0.2) is 0 Å². The molecule has 4 heteroatoms. The minimum absolute atomic E-state index is 0.605. The van der Waals surface area contributed by atoms with Crippen molar-refractivity contribution in [3.8, 4) is 0 Å². The Bertz CT molecular complexity index is 587. The van der Waals surface area contributed by atoms with E-state index in [1.54, 1.807) is 0 Å². The zero-order valence-corrected chi connectivity index (χ0v) is 16.0. The van der Waals surface area contributed by atoms with E-state index in [2.05, 4.69) is 60.5 Å². The molecule has 0 bridgehead atoms. The predicted octanol–water partition coefficient (Wildman–Crippen LogP) is 4.47. The van der Waals surface area contributed by atoms with E-state index in [0.29, 0.717) is 6.54 Å². The molecule has 2 aromatic carbocycles. The Labute approximate surface area is 156 Å². The summed E-state index contributed by atoms with van der Waals surface area (Å²) in [5, 5.41) is 0. The van der Waals surface area contributed by atoms with Gasteiger partial charge in [0.05, 0.1) is 0 Å². The lowest BCUT2D eigenvalue weighted by atomic mass is 10.1. The third kappa shape index (κ3) is 6.45. The van der Waals surface area contributed by atoms with Gasteiger partial charge >= 0.3 is 0 Å². The van der Waals surface area contributed by atoms with Crippen LogP contribution in [-0.4, -0.2) is 48.0 Å². The highest BCUT2D eigenvalue weighted by Gasteiger charge is 2.30. The van der Waals surface area contributed by atoms with Gasteiger partial charge in [0, 0.05) is 19.6 Å². The lowest BCUT2D eigenvalue weighted by Gasteiger charge is -2.34. The van der Waals surface area contributed by atoms with Crippen LogP contribution >= 0.6 is 23.2 Å². The Morgan fingerprint density at radius 1 is 0.750 bits per heavy atom. The molecular formula is C20H26Cl2N2. The minimum atomic E-state index is -0.889. The van der Waals surface area contributed by atoms with Crippen LogP contribution in [0, 0.1) is 0 Å². The Morgan fingerprint density at radius 2 is 1.21 bits per heavy atom. The molecule has 0 unspecified atom stereocenters. The molecule has 2 aromatic rings. The number of hydrogen-bond acceptors (Lipinski definition) is 2. The van der Waals surface area contributed by atoms with Crippen LogP contribution in [0.25, 0.3) is 0 Å². The summed E-state index contributed by atoms with van der Waals surface area (Å²) < 4.78 is -0.889. The summed E-state index contributed by atoms with van der Waals surface area (Å²) in [5.74, 6) is 0. The van der Waals surface area contributed by atoms with E-state index in [0.717, 1.165) is 25.9 Å². The van der Waals surface area contributed by atoms with Crippen molar-refractivity contribution in [1.82, 2.24) is 9.80 Å². The van der Waals surface area contributed by atoms with Gasteiger partial charge in [0.1, 0.15) is 0 Å². The Balaban J connectivity index is 1.78. The van der Waals surface area contributed by atoms with Crippen LogP contribution in [0.1, 0.15) is 11.1 Å². The summed E-state index contributed by atoms with van der Waals surface area (Å²) in [5.41, 5.74) is 2.63. The number of rotatable bonds is 9. The molecule has 2 rings (SSSR count). The van der Waals surface area contributed by atoms with Gasteiger partial charge in [-0.15, -0.1) is 0 Å². The van der Waals surface area contributed by atoms with Crippen LogP contribution in [-0.2, 0) is 12.8 Å². The molecule has 0 aliphatic heterocycles. The van der Waals surface area contributed by atoms with Gasteiger partial charge < -0.3 is 4.90 Å². The third-order valence-corrected chi connectivity index (χ3v) is 5.04. The fourth-order valence-corrected chi connectivity index (χ4v) is 3.17. The van der Waals surface area contributed by atoms with Crippen molar-refractivity contribution >= 4 is 23.2 Å². The summed E-state index contributed by atoms with van der Waals surface area (Å²) in [6.45, 7) is 2.36. The zero-order valence-electron chi connectivity index (χ0n) is 14.5. The van der Waals surface area contributed by atoms with Crippen molar-refractivity contribution < 1.29 is 0 Å². The third-order valence-electron chi connectivity index (χ3n) is 4.22. The van der Waals surface area contributed by atoms with E-state index >= 15 is 0 Å². The quantitative estimate of drug-likeness (QED) is 0.478. The fourth-order valence-electron chi connectivity index (χ4n) is 2.59. The molecule has 0 spiro atoms. The normalized spacial score (nSPS) is 12.1. The average Bonchev–Trinajstić information content (AvgIpc) is 2.59. The topological polar surface area (TPSA) is 6.48 Å². The first-order chi connectivity index (χ1) is 11.5. The van der Waals surface area contributed by atoms with Gasteiger partial charge in [-0.3, -0.25) is 4.90 Å². The van der Waals surface area contributed by atoms with Crippen LogP contribution in [0.3, 0.4) is 0 Å². The van der Waals surface area contributed by atoms with Crippen molar-refractivity contribution in [2.24, 2.45) is 0 Å². The van der Waals surface area contributed by atoms with Crippen molar-refractivity contribution in [3.05, 3.63) is 71.8 Å². The number of hydrogen-bond donors (Lipinski definition) is 0. The zero-order chi connectivity index (χ0) is 17.4. The molecule has 24 heavy (non-hydrogen) atoms. The van der Waals surface area contributed by atoms with E-state index in [-0.39, 0.29) is 0 Å². The number of halogens is 2. The molecule has 0 saturated heterocycles. The van der Waals surface area contributed by atoms with Crippen molar-refractivity contribution in [2.45, 2.75) is 17.3 Å². The summed E-state index contributed by atoms with van der Waals surface area (Å²) in [7, 11) is 4.04. The first kappa shape index (κ1) is 19.3. The molecule has 130 valence electrons. The minimum Gasteiger partial charge on any atom is -0.302 e. The molecule has 0 atom stereocenters.